The van der Waals surface area contributed by atoms with Crippen molar-refractivity contribution in [2.24, 2.45) is 0 Å². The van der Waals surface area contributed by atoms with Gasteiger partial charge in [0, 0.05) is 10.6 Å². The molecule has 76 valence electrons. The molecule has 0 aliphatic carbocycles. The second kappa shape index (κ2) is 4.44. The van der Waals surface area contributed by atoms with E-state index >= 15 is 0 Å². The fraction of sp³-hybridized carbons (Fsp3) is 0. The summed E-state index contributed by atoms with van der Waals surface area (Å²) in [6.45, 7) is 0. The van der Waals surface area contributed by atoms with Crippen molar-refractivity contribution in [2.45, 2.75) is 0 Å². The molecule has 2 rings (SSSR count). The predicted molar refractivity (Wildman–Crippen MR) is 66.9 cm³/mol. The van der Waals surface area contributed by atoms with Crippen LogP contribution in [-0.2, 0) is 0 Å². The first-order chi connectivity index (χ1) is 7.20. The van der Waals surface area contributed by atoms with E-state index < -0.39 is 0 Å². The molecule has 0 heterocycles. The van der Waals surface area contributed by atoms with Crippen molar-refractivity contribution in [3.63, 3.8) is 0 Å². The first kappa shape index (κ1) is 10.8. The minimum absolute atomic E-state index is 0.496. The third kappa shape index (κ3) is 2.12. The van der Waals surface area contributed by atoms with Crippen LogP contribution in [0.3, 0.4) is 0 Å². The first-order valence-electron chi connectivity index (χ1n) is 4.39. The normalized spacial score (nSPS) is 10.3. The molecule has 2 aromatic rings. The molecule has 0 aliphatic heterocycles. The highest BCUT2D eigenvalue weighted by Crippen LogP contribution is 2.38. The Labute approximate surface area is 103 Å². The predicted octanol–water partition coefficient (Wildman–Crippen LogP) is 5.31. The molecule has 15 heavy (non-hydrogen) atoms. The number of rotatable bonds is 1. The van der Waals surface area contributed by atoms with Crippen LogP contribution in [0.4, 0.5) is 0 Å². The average molecular weight is 258 g/mol. The summed E-state index contributed by atoms with van der Waals surface area (Å²) in [4.78, 5) is 0. The van der Waals surface area contributed by atoms with Gasteiger partial charge in [-0.05, 0) is 17.7 Å². The quantitative estimate of drug-likeness (QED) is 0.607. The molecule has 3 heteroatoms. The van der Waals surface area contributed by atoms with Gasteiger partial charge in [-0.15, -0.1) is 0 Å². The molecule has 0 aromatic heterocycles. The van der Waals surface area contributed by atoms with Crippen LogP contribution in [0.1, 0.15) is 0 Å². The van der Waals surface area contributed by atoms with Crippen LogP contribution in [-0.4, -0.2) is 0 Å². The fourth-order valence-corrected chi connectivity index (χ4v) is 2.14. The van der Waals surface area contributed by atoms with E-state index in [2.05, 4.69) is 0 Å². The Morgan fingerprint density at radius 1 is 0.667 bits per heavy atom. The zero-order valence-electron chi connectivity index (χ0n) is 7.68. The van der Waals surface area contributed by atoms with Gasteiger partial charge in [-0.25, -0.2) is 0 Å². The van der Waals surface area contributed by atoms with Crippen molar-refractivity contribution < 1.29 is 0 Å². The zero-order chi connectivity index (χ0) is 10.8. The molecule has 0 fully saturated rings. The van der Waals surface area contributed by atoms with Gasteiger partial charge in [0.05, 0.1) is 10.0 Å². The van der Waals surface area contributed by atoms with Gasteiger partial charge in [0.25, 0.3) is 0 Å². The van der Waals surface area contributed by atoms with Gasteiger partial charge in [0.2, 0.25) is 0 Å². The van der Waals surface area contributed by atoms with Gasteiger partial charge >= 0.3 is 0 Å². The summed E-state index contributed by atoms with van der Waals surface area (Å²) in [6, 6.07) is 13.1. The van der Waals surface area contributed by atoms with Crippen LogP contribution < -0.4 is 0 Å². The van der Waals surface area contributed by atoms with Crippen molar-refractivity contribution in [1.82, 2.24) is 0 Å². The Kier molecular flexibility index (Phi) is 3.20. The Morgan fingerprint density at radius 3 is 1.93 bits per heavy atom. The van der Waals surface area contributed by atoms with Gasteiger partial charge in [-0.2, -0.15) is 0 Å². The molecule has 0 radical (unpaired) electrons. The molecule has 0 nitrogen and oxygen atoms in total. The number of hydrogen-bond donors (Lipinski definition) is 0. The molecule has 0 atom stereocenters. The largest absolute Gasteiger partial charge is 0.0836 e. The van der Waals surface area contributed by atoms with Crippen LogP contribution >= 0.6 is 34.8 Å². The Balaban J connectivity index is 2.68. The second-order valence-corrected chi connectivity index (χ2v) is 4.28. The van der Waals surface area contributed by atoms with Gasteiger partial charge in [0.15, 0.2) is 0 Å². The summed E-state index contributed by atoms with van der Waals surface area (Å²) in [5.74, 6) is 0. The van der Waals surface area contributed by atoms with E-state index in [-0.39, 0.29) is 0 Å². The highest BCUT2D eigenvalue weighted by Gasteiger charge is 2.10. The summed E-state index contributed by atoms with van der Waals surface area (Å²) < 4.78 is 0. The maximum absolute atomic E-state index is 6.12. The molecular formula is C12H7Cl3. The lowest BCUT2D eigenvalue weighted by molar-refractivity contribution is 1.61. The minimum Gasteiger partial charge on any atom is -0.0836 e. The van der Waals surface area contributed by atoms with Crippen molar-refractivity contribution in [2.75, 3.05) is 0 Å². The van der Waals surface area contributed by atoms with Crippen LogP contribution in [0.2, 0.25) is 15.1 Å². The van der Waals surface area contributed by atoms with Crippen LogP contribution in [0.15, 0.2) is 42.5 Å². The van der Waals surface area contributed by atoms with Gasteiger partial charge in [-0.1, -0.05) is 65.1 Å². The van der Waals surface area contributed by atoms with Crippen molar-refractivity contribution >= 4 is 34.8 Å². The minimum atomic E-state index is 0.496. The Bertz CT molecular complexity index is 478. The molecule has 0 unspecified atom stereocenters. The maximum Gasteiger partial charge on any atom is 0.0685 e. The average Bonchev–Trinajstić information content (AvgIpc) is 2.26. The summed E-state index contributed by atoms with van der Waals surface area (Å²) in [6.07, 6.45) is 0. The van der Waals surface area contributed by atoms with Gasteiger partial charge in [0.1, 0.15) is 0 Å². The molecule has 0 N–H and O–H groups in total. The first-order valence-corrected chi connectivity index (χ1v) is 5.52. The third-order valence-electron chi connectivity index (χ3n) is 2.11. The zero-order valence-corrected chi connectivity index (χ0v) is 9.94. The van der Waals surface area contributed by atoms with E-state index in [1.165, 1.54) is 0 Å². The lowest BCUT2D eigenvalue weighted by atomic mass is 10.1. The standard InChI is InChI=1S/C12H7Cl3/c13-9-6-7-10(14)12(15)11(9)8-4-2-1-3-5-8/h1-7H. The van der Waals surface area contributed by atoms with Crippen molar-refractivity contribution in [1.29, 1.82) is 0 Å². The highest BCUT2D eigenvalue weighted by atomic mass is 35.5. The Hall–Kier alpha value is -0.690. The smallest absolute Gasteiger partial charge is 0.0685 e. The Morgan fingerprint density at radius 2 is 1.27 bits per heavy atom. The van der Waals surface area contributed by atoms with E-state index in [1.807, 2.05) is 30.3 Å². The van der Waals surface area contributed by atoms with E-state index in [1.54, 1.807) is 12.1 Å². The van der Waals surface area contributed by atoms with E-state index in [0.717, 1.165) is 11.1 Å². The summed E-state index contributed by atoms with van der Waals surface area (Å²) >= 11 is 18.2. The second-order valence-electron chi connectivity index (χ2n) is 3.08. The van der Waals surface area contributed by atoms with Gasteiger partial charge in [-0.3, -0.25) is 0 Å². The van der Waals surface area contributed by atoms with Crippen LogP contribution in [0, 0.1) is 0 Å². The maximum atomic E-state index is 6.12. The molecule has 0 amide bonds. The highest BCUT2D eigenvalue weighted by molar-refractivity contribution is 6.46. The molecule has 2 aromatic carbocycles. The summed E-state index contributed by atoms with van der Waals surface area (Å²) in [5, 5.41) is 1.62. The van der Waals surface area contributed by atoms with Gasteiger partial charge < -0.3 is 0 Å². The van der Waals surface area contributed by atoms with Crippen molar-refractivity contribution in [3.8, 4) is 11.1 Å². The van der Waals surface area contributed by atoms with E-state index in [9.17, 15) is 0 Å². The topological polar surface area (TPSA) is 0 Å². The number of benzene rings is 2. The number of hydrogen-bond acceptors (Lipinski definition) is 0. The molecule has 0 aliphatic rings. The lowest BCUT2D eigenvalue weighted by Gasteiger charge is -2.08. The van der Waals surface area contributed by atoms with Crippen LogP contribution in [0.5, 0.6) is 0 Å². The number of halogens is 3. The molecule has 0 bridgehead atoms. The van der Waals surface area contributed by atoms with E-state index in [0.29, 0.717) is 15.1 Å². The molecule has 0 spiro atoms. The monoisotopic (exact) mass is 256 g/mol. The summed E-state index contributed by atoms with van der Waals surface area (Å²) in [5.41, 5.74) is 1.75. The lowest BCUT2D eigenvalue weighted by Crippen LogP contribution is -1.82. The van der Waals surface area contributed by atoms with Crippen molar-refractivity contribution in [3.05, 3.63) is 57.5 Å². The molecule has 0 saturated heterocycles. The SMILES string of the molecule is Clc1ccc(Cl)c(-c2ccccc2)c1Cl. The third-order valence-corrected chi connectivity index (χ3v) is 3.23. The summed E-state index contributed by atoms with van der Waals surface area (Å²) in [7, 11) is 0. The molecular weight excluding hydrogens is 250 g/mol. The van der Waals surface area contributed by atoms with Crippen LogP contribution in [0.25, 0.3) is 11.1 Å². The molecule has 0 saturated carbocycles. The fourth-order valence-electron chi connectivity index (χ4n) is 1.40. The van der Waals surface area contributed by atoms with E-state index in [4.69, 9.17) is 34.8 Å².